The lowest BCUT2D eigenvalue weighted by molar-refractivity contribution is -0.116. The van der Waals surface area contributed by atoms with Crippen LogP contribution >= 0.6 is 0 Å². The Kier molecular flexibility index (Phi) is 5.37. The van der Waals surface area contributed by atoms with Crippen LogP contribution in [0, 0.1) is 6.92 Å². The van der Waals surface area contributed by atoms with Gasteiger partial charge in [-0.1, -0.05) is 29.8 Å². The summed E-state index contributed by atoms with van der Waals surface area (Å²) < 4.78 is 19.0. The van der Waals surface area contributed by atoms with Gasteiger partial charge in [-0.25, -0.2) is 4.98 Å². The lowest BCUT2D eigenvalue weighted by Crippen LogP contribution is -2.21. The van der Waals surface area contributed by atoms with Crippen molar-refractivity contribution in [1.29, 1.82) is 0 Å². The van der Waals surface area contributed by atoms with Crippen LogP contribution in [-0.4, -0.2) is 28.7 Å². The molecule has 162 valence electrons. The SMILES string of the molecule is Cc1ccc(OCc2nc3ccccc3n2CC(=O)Nc2ccc3c(c2)OCCO3)cc1. The van der Waals surface area contributed by atoms with Gasteiger partial charge in [0.15, 0.2) is 11.5 Å². The van der Waals surface area contributed by atoms with Crippen molar-refractivity contribution in [2.45, 2.75) is 20.1 Å². The number of anilines is 1. The third-order valence-electron chi connectivity index (χ3n) is 5.25. The van der Waals surface area contributed by atoms with Crippen LogP contribution in [0.15, 0.2) is 66.7 Å². The van der Waals surface area contributed by atoms with Crippen molar-refractivity contribution in [2.24, 2.45) is 0 Å². The third-order valence-corrected chi connectivity index (χ3v) is 5.25. The first-order valence-corrected chi connectivity index (χ1v) is 10.5. The molecule has 4 aromatic rings. The minimum atomic E-state index is -0.165. The molecular weight excluding hydrogens is 406 g/mol. The molecule has 0 aliphatic carbocycles. The Labute approximate surface area is 185 Å². The first-order valence-electron chi connectivity index (χ1n) is 10.5. The molecule has 2 heterocycles. The number of aryl methyl sites for hydroxylation is 1. The summed E-state index contributed by atoms with van der Waals surface area (Å²) in [4.78, 5) is 17.6. The molecule has 1 aromatic heterocycles. The van der Waals surface area contributed by atoms with Crippen LogP contribution in [0.4, 0.5) is 5.69 Å². The highest BCUT2D eigenvalue weighted by Crippen LogP contribution is 2.32. The minimum absolute atomic E-state index is 0.113. The van der Waals surface area contributed by atoms with Gasteiger partial charge in [-0.05, 0) is 43.3 Å². The van der Waals surface area contributed by atoms with Crippen LogP contribution in [0.5, 0.6) is 17.2 Å². The van der Waals surface area contributed by atoms with Crippen LogP contribution in [0.3, 0.4) is 0 Å². The van der Waals surface area contributed by atoms with Gasteiger partial charge >= 0.3 is 0 Å². The summed E-state index contributed by atoms with van der Waals surface area (Å²) >= 11 is 0. The van der Waals surface area contributed by atoms with Crippen molar-refractivity contribution in [1.82, 2.24) is 9.55 Å². The average molecular weight is 429 g/mol. The van der Waals surface area contributed by atoms with Gasteiger partial charge in [0.2, 0.25) is 5.91 Å². The summed E-state index contributed by atoms with van der Waals surface area (Å²) in [5, 5.41) is 2.94. The van der Waals surface area contributed by atoms with E-state index in [-0.39, 0.29) is 19.1 Å². The fourth-order valence-corrected chi connectivity index (χ4v) is 3.66. The molecule has 1 aliphatic rings. The summed E-state index contributed by atoms with van der Waals surface area (Å²) in [6.45, 7) is 3.43. The summed E-state index contributed by atoms with van der Waals surface area (Å²) in [7, 11) is 0. The number of hydrogen-bond acceptors (Lipinski definition) is 5. The first-order chi connectivity index (χ1) is 15.7. The van der Waals surface area contributed by atoms with E-state index in [0.717, 1.165) is 16.8 Å². The van der Waals surface area contributed by atoms with Crippen LogP contribution < -0.4 is 19.5 Å². The Hall–Kier alpha value is -4.00. The number of aromatic nitrogens is 2. The number of fused-ring (bicyclic) bond motifs is 2. The summed E-state index contributed by atoms with van der Waals surface area (Å²) in [5.74, 6) is 2.60. The number of rotatable bonds is 6. The molecule has 0 unspecified atom stereocenters. The zero-order chi connectivity index (χ0) is 21.9. The normalized spacial score (nSPS) is 12.5. The predicted molar refractivity (Wildman–Crippen MR) is 121 cm³/mol. The maximum absolute atomic E-state index is 12.9. The van der Waals surface area contributed by atoms with Gasteiger partial charge in [0, 0.05) is 11.8 Å². The number of ether oxygens (including phenoxy) is 3. The van der Waals surface area contributed by atoms with Crippen molar-refractivity contribution in [3.8, 4) is 17.2 Å². The highest BCUT2D eigenvalue weighted by Gasteiger charge is 2.16. The topological polar surface area (TPSA) is 74.6 Å². The zero-order valence-electron chi connectivity index (χ0n) is 17.7. The fraction of sp³-hybridized carbons (Fsp3) is 0.200. The molecule has 0 bridgehead atoms. The summed E-state index contributed by atoms with van der Waals surface area (Å²) in [6, 6.07) is 21.0. The van der Waals surface area contributed by atoms with Crippen molar-refractivity contribution in [3.05, 3.63) is 78.1 Å². The number of benzene rings is 3. The number of carbonyl (C=O) groups is 1. The molecule has 1 aliphatic heterocycles. The Balaban J connectivity index is 1.35. The molecule has 0 spiro atoms. The second-order valence-corrected chi connectivity index (χ2v) is 7.61. The molecule has 32 heavy (non-hydrogen) atoms. The Morgan fingerprint density at radius 1 is 1.03 bits per heavy atom. The van der Waals surface area contributed by atoms with E-state index in [2.05, 4.69) is 10.3 Å². The lowest BCUT2D eigenvalue weighted by Gasteiger charge is -2.19. The molecule has 1 N–H and O–H groups in total. The third kappa shape index (κ3) is 4.23. The lowest BCUT2D eigenvalue weighted by atomic mass is 10.2. The molecule has 0 saturated carbocycles. The van der Waals surface area contributed by atoms with Gasteiger partial charge in [-0.3, -0.25) is 4.79 Å². The summed E-state index contributed by atoms with van der Waals surface area (Å²) in [6.07, 6.45) is 0. The number of amides is 1. The number of nitrogens with zero attached hydrogens (tertiary/aromatic N) is 2. The van der Waals surface area contributed by atoms with E-state index < -0.39 is 0 Å². The molecule has 7 heteroatoms. The van der Waals surface area contributed by atoms with E-state index in [1.807, 2.05) is 60.0 Å². The number of para-hydroxylation sites is 2. The van der Waals surface area contributed by atoms with Gasteiger partial charge in [0.1, 0.15) is 37.9 Å². The second-order valence-electron chi connectivity index (χ2n) is 7.61. The number of imidazole rings is 1. The Morgan fingerprint density at radius 2 is 1.81 bits per heavy atom. The van der Waals surface area contributed by atoms with Crippen LogP contribution in [0.25, 0.3) is 11.0 Å². The standard InChI is InChI=1S/C25H23N3O4/c1-17-6-9-19(10-7-17)32-16-24-27-20-4-2-3-5-21(20)28(24)15-25(29)26-18-8-11-22-23(14-18)31-13-12-30-22/h2-11,14H,12-13,15-16H2,1H3,(H,26,29). The molecule has 7 nitrogen and oxygen atoms in total. The molecule has 5 rings (SSSR count). The van der Waals surface area contributed by atoms with E-state index in [9.17, 15) is 4.79 Å². The van der Waals surface area contributed by atoms with Crippen LogP contribution in [-0.2, 0) is 17.9 Å². The predicted octanol–water partition coefficient (Wildman–Crippen LogP) is 4.33. The molecule has 0 saturated heterocycles. The van der Waals surface area contributed by atoms with E-state index >= 15 is 0 Å². The van der Waals surface area contributed by atoms with Crippen molar-refractivity contribution in [3.63, 3.8) is 0 Å². The molecule has 3 aromatic carbocycles. The smallest absolute Gasteiger partial charge is 0.244 e. The van der Waals surface area contributed by atoms with E-state index in [0.29, 0.717) is 36.2 Å². The molecular formula is C25H23N3O4. The van der Waals surface area contributed by atoms with Gasteiger partial charge in [-0.15, -0.1) is 0 Å². The largest absolute Gasteiger partial charge is 0.486 e. The van der Waals surface area contributed by atoms with Gasteiger partial charge in [0.25, 0.3) is 0 Å². The maximum atomic E-state index is 12.9. The highest BCUT2D eigenvalue weighted by molar-refractivity contribution is 5.92. The Bertz CT molecular complexity index is 1260. The second kappa shape index (κ2) is 8.63. The minimum Gasteiger partial charge on any atom is -0.486 e. The number of nitrogens with one attached hydrogen (secondary N) is 1. The van der Waals surface area contributed by atoms with Gasteiger partial charge in [0.05, 0.1) is 11.0 Å². The monoisotopic (exact) mass is 429 g/mol. The van der Waals surface area contributed by atoms with Gasteiger partial charge < -0.3 is 24.1 Å². The van der Waals surface area contributed by atoms with Crippen molar-refractivity contribution >= 4 is 22.6 Å². The quantitative estimate of drug-likeness (QED) is 0.494. The zero-order valence-corrected chi connectivity index (χ0v) is 17.7. The summed E-state index contributed by atoms with van der Waals surface area (Å²) in [5.41, 5.74) is 3.52. The van der Waals surface area contributed by atoms with Gasteiger partial charge in [-0.2, -0.15) is 0 Å². The maximum Gasteiger partial charge on any atom is 0.244 e. The van der Waals surface area contributed by atoms with Crippen LogP contribution in [0.1, 0.15) is 11.4 Å². The van der Waals surface area contributed by atoms with Crippen molar-refractivity contribution < 1.29 is 19.0 Å². The molecule has 0 fully saturated rings. The van der Waals surface area contributed by atoms with E-state index in [4.69, 9.17) is 14.2 Å². The molecule has 0 atom stereocenters. The van der Waals surface area contributed by atoms with Crippen molar-refractivity contribution in [2.75, 3.05) is 18.5 Å². The number of carbonyl (C=O) groups excluding carboxylic acids is 1. The first kappa shape index (κ1) is 19.9. The average Bonchev–Trinajstić information content (AvgIpc) is 3.16. The molecule has 1 amide bonds. The number of hydrogen-bond donors (Lipinski definition) is 1. The van der Waals surface area contributed by atoms with Crippen LogP contribution in [0.2, 0.25) is 0 Å². The molecule has 0 radical (unpaired) electrons. The fourth-order valence-electron chi connectivity index (χ4n) is 3.66. The highest BCUT2D eigenvalue weighted by atomic mass is 16.6. The van der Waals surface area contributed by atoms with E-state index in [1.54, 1.807) is 18.2 Å². The Morgan fingerprint density at radius 3 is 2.66 bits per heavy atom. The van der Waals surface area contributed by atoms with E-state index in [1.165, 1.54) is 5.56 Å².